The second-order valence-electron chi connectivity index (χ2n) is 3.53. The number of nitrogens with one attached hydrogen (secondary N) is 1. The molecule has 6 heteroatoms. The Morgan fingerprint density at radius 3 is 2.50 bits per heavy atom. The maximum atomic E-state index is 10.9. The summed E-state index contributed by atoms with van der Waals surface area (Å²) in [6, 6.07) is 4.65. The first-order valence-electron chi connectivity index (χ1n) is 4.65. The third-order valence-electron chi connectivity index (χ3n) is 2.01. The van der Waals surface area contributed by atoms with Gasteiger partial charge in [-0.15, -0.1) is 0 Å². The van der Waals surface area contributed by atoms with Crippen molar-refractivity contribution in [1.82, 2.24) is 0 Å². The van der Waals surface area contributed by atoms with E-state index in [-0.39, 0.29) is 17.3 Å². The van der Waals surface area contributed by atoms with Gasteiger partial charge in [-0.05, 0) is 12.1 Å². The van der Waals surface area contributed by atoms with Crippen LogP contribution in [0.5, 0.6) is 0 Å². The average Bonchev–Trinajstić information content (AvgIpc) is 2.16. The number of hydrogen-bond donors (Lipinski definition) is 1. The molecule has 0 bridgehead atoms. The fourth-order valence-corrected chi connectivity index (χ4v) is 1.24. The van der Waals surface area contributed by atoms with Crippen LogP contribution in [0.2, 0.25) is 0 Å². The molecular formula is C10H13N3O3. The average molecular weight is 223 g/mol. The lowest BCUT2D eigenvalue weighted by molar-refractivity contribution is -0.383. The summed E-state index contributed by atoms with van der Waals surface area (Å²) in [6.45, 7) is 1.31. The second-order valence-corrected chi connectivity index (χ2v) is 3.53. The fraction of sp³-hybridized carbons (Fsp3) is 0.300. The second kappa shape index (κ2) is 4.61. The maximum Gasteiger partial charge on any atom is 0.294 e. The van der Waals surface area contributed by atoms with Gasteiger partial charge in [-0.2, -0.15) is 0 Å². The highest BCUT2D eigenvalue weighted by atomic mass is 16.6. The normalized spacial score (nSPS) is 9.69. The standard InChI is InChI=1S/C10H13N3O3/c1-7(14)11-9-5-4-8(12(2)3)6-10(9)13(15)16/h4-6H,1-3H3,(H,11,14). The van der Waals surface area contributed by atoms with Gasteiger partial charge in [-0.1, -0.05) is 0 Å². The first-order chi connectivity index (χ1) is 7.41. The smallest absolute Gasteiger partial charge is 0.294 e. The van der Waals surface area contributed by atoms with Crippen LogP contribution in [0.1, 0.15) is 6.92 Å². The summed E-state index contributed by atoms with van der Waals surface area (Å²) >= 11 is 0. The molecule has 1 aromatic rings. The van der Waals surface area contributed by atoms with Gasteiger partial charge >= 0.3 is 0 Å². The van der Waals surface area contributed by atoms with Crippen molar-refractivity contribution in [2.75, 3.05) is 24.3 Å². The minimum absolute atomic E-state index is 0.110. The third-order valence-corrected chi connectivity index (χ3v) is 2.01. The van der Waals surface area contributed by atoms with Gasteiger partial charge in [-0.3, -0.25) is 14.9 Å². The van der Waals surface area contributed by atoms with Crippen LogP contribution < -0.4 is 10.2 Å². The monoisotopic (exact) mass is 223 g/mol. The molecule has 16 heavy (non-hydrogen) atoms. The van der Waals surface area contributed by atoms with E-state index in [1.165, 1.54) is 19.1 Å². The first kappa shape index (κ1) is 12.0. The number of nitro groups is 1. The quantitative estimate of drug-likeness (QED) is 0.624. The molecule has 1 N–H and O–H groups in total. The molecule has 0 aromatic heterocycles. The molecule has 0 unspecified atom stereocenters. The van der Waals surface area contributed by atoms with Gasteiger partial charge in [0.15, 0.2) is 0 Å². The van der Waals surface area contributed by atoms with Gasteiger partial charge < -0.3 is 10.2 Å². The van der Waals surface area contributed by atoms with Gasteiger partial charge in [-0.25, -0.2) is 0 Å². The predicted molar refractivity (Wildman–Crippen MR) is 61.7 cm³/mol. The van der Waals surface area contributed by atoms with Crippen molar-refractivity contribution in [3.8, 4) is 0 Å². The van der Waals surface area contributed by atoms with E-state index in [0.29, 0.717) is 5.69 Å². The number of carbonyl (C=O) groups is 1. The number of nitro benzene ring substituents is 1. The Balaban J connectivity index is 3.19. The van der Waals surface area contributed by atoms with Gasteiger partial charge in [0.1, 0.15) is 5.69 Å². The molecule has 1 rings (SSSR count). The number of rotatable bonds is 3. The van der Waals surface area contributed by atoms with E-state index in [1.807, 2.05) is 0 Å². The molecule has 0 aliphatic heterocycles. The molecule has 0 aliphatic carbocycles. The Morgan fingerprint density at radius 1 is 1.44 bits per heavy atom. The van der Waals surface area contributed by atoms with Crippen molar-refractivity contribution in [1.29, 1.82) is 0 Å². The zero-order valence-corrected chi connectivity index (χ0v) is 9.35. The summed E-state index contributed by atoms with van der Waals surface area (Å²) in [6.07, 6.45) is 0. The van der Waals surface area contributed by atoms with E-state index < -0.39 is 4.92 Å². The molecular weight excluding hydrogens is 210 g/mol. The molecule has 6 nitrogen and oxygen atoms in total. The highest BCUT2D eigenvalue weighted by Gasteiger charge is 2.15. The van der Waals surface area contributed by atoms with Gasteiger partial charge in [0, 0.05) is 32.8 Å². The van der Waals surface area contributed by atoms with Crippen LogP contribution in [-0.2, 0) is 4.79 Å². The summed E-state index contributed by atoms with van der Waals surface area (Å²) in [5, 5.41) is 13.2. The van der Waals surface area contributed by atoms with Gasteiger partial charge in [0.2, 0.25) is 5.91 Å². The van der Waals surface area contributed by atoms with E-state index >= 15 is 0 Å². The maximum absolute atomic E-state index is 10.9. The Kier molecular flexibility index (Phi) is 3.44. The molecule has 86 valence electrons. The lowest BCUT2D eigenvalue weighted by Gasteiger charge is -2.13. The summed E-state index contributed by atoms with van der Waals surface area (Å²) in [5.74, 6) is -0.333. The highest BCUT2D eigenvalue weighted by molar-refractivity contribution is 5.91. The van der Waals surface area contributed by atoms with Crippen molar-refractivity contribution in [3.05, 3.63) is 28.3 Å². The molecule has 0 aliphatic rings. The van der Waals surface area contributed by atoms with Crippen LogP contribution in [0, 0.1) is 10.1 Å². The molecule has 0 atom stereocenters. The minimum Gasteiger partial charge on any atom is -0.377 e. The van der Waals surface area contributed by atoms with Crippen LogP contribution in [0.4, 0.5) is 17.1 Å². The number of anilines is 2. The van der Waals surface area contributed by atoms with E-state index in [4.69, 9.17) is 0 Å². The third kappa shape index (κ3) is 2.69. The lowest BCUT2D eigenvalue weighted by atomic mass is 10.2. The van der Waals surface area contributed by atoms with Crippen LogP contribution in [0.15, 0.2) is 18.2 Å². The van der Waals surface area contributed by atoms with Crippen molar-refractivity contribution in [3.63, 3.8) is 0 Å². The summed E-state index contributed by atoms with van der Waals surface area (Å²) in [7, 11) is 3.58. The summed E-state index contributed by atoms with van der Waals surface area (Å²) in [5.41, 5.74) is 0.810. The molecule has 0 saturated carbocycles. The van der Waals surface area contributed by atoms with Crippen LogP contribution in [0.25, 0.3) is 0 Å². The fourth-order valence-electron chi connectivity index (χ4n) is 1.24. The van der Waals surface area contributed by atoms with E-state index in [9.17, 15) is 14.9 Å². The van der Waals surface area contributed by atoms with Gasteiger partial charge in [0.25, 0.3) is 5.69 Å². The number of benzene rings is 1. The molecule has 0 fully saturated rings. The number of nitrogens with zero attached hydrogens (tertiary/aromatic N) is 2. The van der Waals surface area contributed by atoms with E-state index in [2.05, 4.69) is 5.32 Å². The highest BCUT2D eigenvalue weighted by Crippen LogP contribution is 2.28. The summed E-state index contributed by atoms with van der Waals surface area (Å²) in [4.78, 5) is 22.9. The molecule has 1 amide bonds. The Hall–Kier alpha value is -2.11. The zero-order chi connectivity index (χ0) is 12.3. The Bertz CT molecular complexity index is 429. The minimum atomic E-state index is -0.516. The largest absolute Gasteiger partial charge is 0.377 e. The molecule has 0 heterocycles. The molecule has 0 spiro atoms. The Morgan fingerprint density at radius 2 is 2.06 bits per heavy atom. The number of carbonyl (C=O) groups excluding carboxylic acids is 1. The van der Waals surface area contributed by atoms with E-state index in [1.54, 1.807) is 25.1 Å². The number of hydrogen-bond acceptors (Lipinski definition) is 4. The van der Waals surface area contributed by atoms with Crippen molar-refractivity contribution in [2.24, 2.45) is 0 Å². The van der Waals surface area contributed by atoms with Crippen molar-refractivity contribution >= 4 is 23.0 Å². The van der Waals surface area contributed by atoms with Crippen LogP contribution in [0.3, 0.4) is 0 Å². The lowest BCUT2D eigenvalue weighted by Crippen LogP contribution is -2.11. The van der Waals surface area contributed by atoms with Crippen LogP contribution in [-0.4, -0.2) is 24.9 Å². The predicted octanol–water partition coefficient (Wildman–Crippen LogP) is 1.62. The molecule has 0 radical (unpaired) electrons. The van der Waals surface area contributed by atoms with Crippen molar-refractivity contribution < 1.29 is 9.72 Å². The molecule has 1 aromatic carbocycles. The Labute approximate surface area is 93.0 Å². The zero-order valence-electron chi connectivity index (χ0n) is 9.35. The van der Waals surface area contributed by atoms with Crippen molar-refractivity contribution in [2.45, 2.75) is 6.92 Å². The number of amides is 1. The summed E-state index contributed by atoms with van der Waals surface area (Å²) < 4.78 is 0. The van der Waals surface area contributed by atoms with Crippen LogP contribution >= 0.6 is 0 Å². The first-order valence-corrected chi connectivity index (χ1v) is 4.65. The SMILES string of the molecule is CC(=O)Nc1ccc(N(C)C)cc1[N+](=O)[O-]. The topological polar surface area (TPSA) is 75.5 Å². The van der Waals surface area contributed by atoms with E-state index in [0.717, 1.165) is 0 Å². The van der Waals surface area contributed by atoms with Gasteiger partial charge in [0.05, 0.1) is 4.92 Å². The molecule has 0 saturated heterocycles.